The van der Waals surface area contributed by atoms with Gasteiger partial charge in [0.2, 0.25) is 21.8 Å². The lowest BCUT2D eigenvalue weighted by Gasteiger charge is -2.31. The Labute approximate surface area is 182 Å². The summed E-state index contributed by atoms with van der Waals surface area (Å²) in [4.78, 5) is 26.9. The second-order valence-electron chi connectivity index (χ2n) is 7.26. The van der Waals surface area contributed by atoms with Crippen molar-refractivity contribution in [3.8, 4) is 0 Å². The largest absolute Gasteiger partial charge is 0.357 e. The maximum absolute atomic E-state index is 13.3. The number of aryl methyl sites for hydroxylation is 1. The summed E-state index contributed by atoms with van der Waals surface area (Å²) in [6.45, 7) is 3.21. The number of rotatable bonds is 9. The zero-order valence-corrected chi connectivity index (χ0v) is 18.9. The predicted molar refractivity (Wildman–Crippen MR) is 116 cm³/mol. The Morgan fingerprint density at radius 1 is 1.06 bits per heavy atom. The van der Waals surface area contributed by atoms with Crippen molar-refractivity contribution in [2.75, 3.05) is 20.6 Å². The zero-order valence-electron chi connectivity index (χ0n) is 18.1. The number of hydrogen-bond donors (Lipinski definition) is 1. The van der Waals surface area contributed by atoms with Gasteiger partial charge in [0, 0.05) is 20.6 Å². The molecule has 0 spiro atoms. The van der Waals surface area contributed by atoms with Crippen molar-refractivity contribution in [1.29, 1.82) is 0 Å². The van der Waals surface area contributed by atoms with Gasteiger partial charge in [-0.05, 0) is 43.2 Å². The molecule has 0 unspecified atom stereocenters. The molecule has 0 saturated carbocycles. The normalized spacial score (nSPS) is 12.5. The van der Waals surface area contributed by atoms with Gasteiger partial charge in [-0.2, -0.15) is 4.31 Å². The molecule has 0 fully saturated rings. The van der Waals surface area contributed by atoms with Gasteiger partial charge < -0.3 is 10.2 Å². The second kappa shape index (κ2) is 10.5. The highest BCUT2D eigenvalue weighted by Crippen LogP contribution is 2.17. The van der Waals surface area contributed by atoms with Crippen LogP contribution >= 0.6 is 0 Å². The van der Waals surface area contributed by atoms with E-state index in [0.29, 0.717) is 12.0 Å². The maximum Gasteiger partial charge on any atom is 0.243 e. The molecular formula is C22H28FN3O4S. The van der Waals surface area contributed by atoms with Crippen molar-refractivity contribution >= 4 is 21.8 Å². The molecule has 0 bridgehead atoms. The van der Waals surface area contributed by atoms with Crippen molar-refractivity contribution in [3.63, 3.8) is 0 Å². The molecule has 7 nitrogen and oxygen atoms in total. The van der Waals surface area contributed by atoms with E-state index in [4.69, 9.17) is 0 Å². The number of amides is 2. The van der Waals surface area contributed by atoms with Gasteiger partial charge in [0.25, 0.3) is 0 Å². The van der Waals surface area contributed by atoms with Crippen LogP contribution in [0.15, 0.2) is 53.4 Å². The quantitative estimate of drug-likeness (QED) is 0.637. The first-order chi connectivity index (χ1) is 14.6. The molecule has 1 N–H and O–H groups in total. The van der Waals surface area contributed by atoms with Crippen LogP contribution in [-0.4, -0.2) is 56.1 Å². The molecule has 168 valence electrons. The van der Waals surface area contributed by atoms with E-state index in [0.717, 1.165) is 9.87 Å². The van der Waals surface area contributed by atoms with Crippen LogP contribution in [0.5, 0.6) is 0 Å². The Balaban J connectivity index is 2.29. The van der Waals surface area contributed by atoms with E-state index in [9.17, 15) is 22.4 Å². The first kappa shape index (κ1) is 24.5. The van der Waals surface area contributed by atoms with E-state index in [1.54, 1.807) is 19.1 Å². The number of hydrogen-bond acceptors (Lipinski definition) is 4. The number of likely N-dealkylation sites (N-methyl/N-ethyl adjacent to an activating group) is 2. The third-order valence-corrected chi connectivity index (χ3v) is 6.80. The summed E-state index contributed by atoms with van der Waals surface area (Å²) in [7, 11) is -1.09. The number of carbonyl (C=O) groups is 2. The van der Waals surface area contributed by atoms with Gasteiger partial charge in [-0.15, -0.1) is 0 Å². The minimum atomic E-state index is -3.89. The maximum atomic E-state index is 13.3. The van der Waals surface area contributed by atoms with Gasteiger partial charge in [0.15, 0.2) is 0 Å². The predicted octanol–water partition coefficient (Wildman–Crippen LogP) is 2.31. The third kappa shape index (κ3) is 6.11. The molecule has 0 aliphatic rings. The van der Waals surface area contributed by atoms with Crippen molar-refractivity contribution in [1.82, 2.24) is 14.5 Å². The number of carbonyl (C=O) groups excluding carboxylic acids is 2. The van der Waals surface area contributed by atoms with Gasteiger partial charge in [0.1, 0.15) is 11.9 Å². The minimum Gasteiger partial charge on any atom is -0.357 e. The van der Waals surface area contributed by atoms with E-state index >= 15 is 0 Å². The topological polar surface area (TPSA) is 86.8 Å². The van der Waals surface area contributed by atoms with Gasteiger partial charge in [-0.25, -0.2) is 12.8 Å². The second-order valence-corrected chi connectivity index (χ2v) is 9.31. The van der Waals surface area contributed by atoms with Crippen LogP contribution in [0.25, 0.3) is 0 Å². The summed E-state index contributed by atoms with van der Waals surface area (Å²) in [5.41, 5.74) is 1.54. The molecule has 2 rings (SSSR count). The molecule has 0 saturated heterocycles. The molecule has 0 aromatic heterocycles. The Morgan fingerprint density at radius 2 is 1.65 bits per heavy atom. The summed E-state index contributed by atoms with van der Waals surface area (Å²) in [6, 6.07) is 11.1. The molecule has 0 heterocycles. The van der Waals surface area contributed by atoms with Crippen LogP contribution < -0.4 is 5.32 Å². The Bertz CT molecular complexity index is 1010. The lowest BCUT2D eigenvalue weighted by atomic mass is 10.1. The van der Waals surface area contributed by atoms with Crippen LogP contribution in [0.4, 0.5) is 4.39 Å². The molecule has 31 heavy (non-hydrogen) atoms. The SMILES string of the molecule is CC[C@H](C(=O)NC)N(Cc1ccc(F)cc1)C(=O)CN(C)S(=O)(=O)c1ccc(C)cc1. The van der Waals surface area contributed by atoms with Crippen molar-refractivity contribution in [2.45, 2.75) is 37.8 Å². The van der Waals surface area contributed by atoms with Gasteiger partial charge in [0.05, 0.1) is 11.4 Å². The fourth-order valence-electron chi connectivity index (χ4n) is 3.13. The average Bonchev–Trinajstić information content (AvgIpc) is 2.74. The average molecular weight is 450 g/mol. The lowest BCUT2D eigenvalue weighted by Crippen LogP contribution is -2.51. The van der Waals surface area contributed by atoms with Crippen LogP contribution in [0.1, 0.15) is 24.5 Å². The van der Waals surface area contributed by atoms with Crippen LogP contribution in [0, 0.1) is 12.7 Å². The van der Waals surface area contributed by atoms with Gasteiger partial charge >= 0.3 is 0 Å². The Hall–Kier alpha value is -2.78. The molecule has 0 aliphatic carbocycles. The zero-order chi connectivity index (χ0) is 23.2. The first-order valence-electron chi connectivity index (χ1n) is 9.88. The lowest BCUT2D eigenvalue weighted by molar-refractivity contribution is -0.141. The molecule has 1 atom stereocenters. The molecule has 0 aliphatic heterocycles. The first-order valence-corrected chi connectivity index (χ1v) is 11.3. The van der Waals surface area contributed by atoms with Crippen LogP contribution in [-0.2, 0) is 26.2 Å². The summed E-state index contributed by atoms with van der Waals surface area (Å²) < 4.78 is 40.0. The number of halogens is 1. The highest BCUT2D eigenvalue weighted by atomic mass is 32.2. The van der Waals surface area contributed by atoms with E-state index in [-0.39, 0.29) is 17.3 Å². The standard InChI is InChI=1S/C22H28FN3O4S/c1-5-20(22(28)24-3)26(14-17-8-10-18(23)11-9-17)21(27)15-25(4)31(29,30)19-12-6-16(2)7-13-19/h6-13,20H,5,14-15H2,1-4H3,(H,24,28)/t20-/m1/s1. The van der Waals surface area contributed by atoms with E-state index in [1.807, 2.05) is 6.92 Å². The fourth-order valence-corrected chi connectivity index (χ4v) is 4.25. The number of nitrogens with zero attached hydrogens (tertiary/aromatic N) is 2. The molecular weight excluding hydrogens is 421 g/mol. The highest BCUT2D eigenvalue weighted by molar-refractivity contribution is 7.89. The molecule has 0 radical (unpaired) electrons. The van der Waals surface area contributed by atoms with Crippen LogP contribution in [0.2, 0.25) is 0 Å². The summed E-state index contributed by atoms with van der Waals surface area (Å²) in [6.07, 6.45) is 0.334. The number of nitrogens with one attached hydrogen (secondary N) is 1. The Kier molecular flexibility index (Phi) is 8.29. The van der Waals surface area contributed by atoms with Crippen molar-refractivity contribution in [3.05, 3.63) is 65.5 Å². The summed E-state index contributed by atoms with van der Waals surface area (Å²) in [5, 5.41) is 2.54. The van der Waals surface area contributed by atoms with Crippen LogP contribution in [0.3, 0.4) is 0 Å². The number of sulfonamides is 1. The summed E-state index contributed by atoms with van der Waals surface area (Å²) >= 11 is 0. The molecule has 2 aromatic rings. The monoisotopic (exact) mass is 449 g/mol. The number of benzene rings is 2. The third-order valence-electron chi connectivity index (χ3n) is 4.99. The van der Waals surface area contributed by atoms with Gasteiger partial charge in [-0.1, -0.05) is 36.8 Å². The van der Waals surface area contributed by atoms with E-state index in [1.165, 1.54) is 55.4 Å². The highest BCUT2D eigenvalue weighted by Gasteiger charge is 2.31. The minimum absolute atomic E-state index is 0.0451. The smallest absolute Gasteiger partial charge is 0.243 e. The van der Waals surface area contributed by atoms with E-state index < -0.39 is 34.3 Å². The summed E-state index contributed by atoms with van der Waals surface area (Å²) in [5.74, 6) is -1.30. The van der Waals surface area contributed by atoms with Crippen molar-refractivity contribution in [2.24, 2.45) is 0 Å². The van der Waals surface area contributed by atoms with E-state index in [2.05, 4.69) is 5.32 Å². The van der Waals surface area contributed by atoms with Gasteiger partial charge in [-0.3, -0.25) is 9.59 Å². The Morgan fingerprint density at radius 3 is 2.16 bits per heavy atom. The molecule has 2 aromatic carbocycles. The molecule has 9 heteroatoms. The van der Waals surface area contributed by atoms with Crippen molar-refractivity contribution < 1.29 is 22.4 Å². The fraction of sp³-hybridized carbons (Fsp3) is 0.364. The molecule has 2 amide bonds.